The summed E-state index contributed by atoms with van der Waals surface area (Å²) in [5, 5.41) is 8.48. The fraction of sp³-hybridized carbons (Fsp3) is 0. The summed E-state index contributed by atoms with van der Waals surface area (Å²) in [5.41, 5.74) is 9.21. The SMILES string of the molecule is c1ccc2c(c1)oc1cccc(-c3ccc(-c4nc(-c5cccc6oc7cnccc7c56)nc(-n5c6ccccc6c6ccccc65)n4)c4ccccc34)c12. The summed E-state index contributed by atoms with van der Waals surface area (Å²) in [6.07, 6.45) is 3.54. The molecule has 7 nitrogen and oxygen atoms in total. The lowest BCUT2D eigenvalue weighted by atomic mass is 9.92. The fourth-order valence-electron chi connectivity index (χ4n) is 8.44. The molecule has 55 heavy (non-hydrogen) atoms. The molecule has 12 rings (SSSR count). The van der Waals surface area contributed by atoms with Crippen molar-refractivity contribution in [3.63, 3.8) is 0 Å². The molecule has 5 aromatic heterocycles. The summed E-state index contributed by atoms with van der Waals surface area (Å²) < 4.78 is 14.7. The van der Waals surface area contributed by atoms with Crippen molar-refractivity contribution in [1.29, 1.82) is 0 Å². The van der Waals surface area contributed by atoms with E-state index >= 15 is 0 Å². The Labute approximate surface area is 312 Å². The molecule has 0 saturated heterocycles. The van der Waals surface area contributed by atoms with Crippen molar-refractivity contribution >= 4 is 76.5 Å². The highest BCUT2D eigenvalue weighted by molar-refractivity contribution is 6.17. The molecule has 0 unspecified atom stereocenters. The second-order valence-corrected chi connectivity index (χ2v) is 13.8. The third kappa shape index (κ3) is 4.38. The minimum absolute atomic E-state index is 0.534. The van der Waals surface area contributed by atoms with Gasteiger partial charge < -0.3 is 8.83 Å². The van der Waals surface area contributed by atoms with Crippen molar-refractivity contribution in [2.75, 3.05) is 0 Å². The molecule has 7 aromatic carbocycles. The predicted octanol–water partition coefficient (Wildman–Crippen LogP) is 12.3. The first-order chi connectivity index (χ1) is 27.3. The van der Waals surface area contributed by atoms with Gasteiger partial charge >= 0.3 is 0 Å². The maximum absolute atomic E-state index is 6.30. The van der Waals surface area contributed by atoms with E-state index < -0.39 is 0 Å². The van der Waals surface area contributed by atoms with E-state index in [0.717, 1.165) is 93.1 Å². The first kappa shape index (κ1) is 29.9. The van der Waals surface area contributed by atoms with Crippen LogP contribution in [0.25, 0.3) is 116 Å². The van der Waals surface area contributed by atoms with Crippen molar-refractivity contribution in [1.82, 2.24) is 24.5 Å². The van der Waals surface area contributed by atoms with Crippen LogP contribution in [0.3, 0.4) is 0 Å². The van der Waals surface area contributed by atoms with Gasteiger partial charge in [-0.15, -0.1) is 0 Å². The Balaban J connectivity index is 1.16. The molecular weight excluding hydrogens is 679 g/mol. The quantitative estimate of drug-likeness (QED) is 0.181. The van der Waals surface area contributed by atoms with E-state index in [4.69, 9.17) is 23.8 Å². The summed E-state index contributed by atoms with van der Waals surface area (Å²) >= 11 is 0. The van der Waals surface area contributed by atoms with Gasteiger partial charge in [0.2, 0.25) is 5.95 Å². The highest BCUT2D eigenvalue weighted by Crippen LogP contribution is 2.42. The number of rotatable bonds is 4. The van der Waals surface area contributed by atoms with E-state index in [-0.39, 0.29) is 0 Å². The lowest BCUT2D eigenvalue weighted by Crippen LogP contribution is -2.06. The maximum Gasteiger partial charge on any atom is 0.238 e. The molecule has 0 aliphatic heterocycles. The highest BCUT2D eigenvalue weighted by atomic mass is 16.3. The number of nitrogens with zero attached hydrogens (tertiary/aromatic N) is 5. The van der Waals surface area contributed by atoms with Gasteiger partial charge in [0.25, 0.3) is 0 Å². The smallest absolute Gasteiger partial charge is 0.238 e. The van der Waals surface area contributed by atoms with Crippen molar-refractivity contribution in [3.8, 4) is 39.9 Å². The maximum atomic E-state index is 6.30. The van der Waals surface area contributed by atoms with E-state index in [9.17, 15) is 0 Å². The largest absolute Gasteiger partial charge is 0.456 e. The molecule has 0 spiro atoms. The molecule has 0 bridgehead atoms. The van der Waals surface area contributed by atoms with E-state index in [0.29, 0.717) is 23.2 Å². The van der Waals surface area contributed by atoms with Crippen LogP contribution in [0.4, 0.5) is 0 Å². The molecule has 12 aromatic rings. The molecular formula is C48H27N5O2. The Morgan fingerprint density at radius 3 is 1.64 bits per heavy atom. The zero-order valence-electron chi connectivity index (χ0n) is 29.1. The average molecular weight is 706 g/mol. The highest BCUT2D eigenvalue weighted by Gasteiger charge is 2.22. The Kier molecular flexibility index (Phi) is 6.21. The van der Waals surface area contributed by atoms with Gasteiger partial charge in [0.05, 0.1) is 17.2 Å². The Hall–Kier alpha value is -7.64. The lowest BCUT2D eigenvalue weighted by Gasteiger charge is -2.14. The molecule has 256 valence electrons. The van der Waals surface area contributed by atoms with Gasteiger partial charge in [-0.1, -0.05) is 109 Å². The normalized spacial score (nSPS) is 12.0. The van der Waals surface area contributed by atoms with Crippen molar-refractivity contribution < 1.29 is 8.83 Å². The summed E-state index contributed by atoms with van der Waals surface area (Å²) in [5.74, 6) is 1.66. The van der Waals surface area contributed by atoms with Gasteiger partial charge in [0, 0.05) is 49.6 Å². The van der Waals surface area contributed by atoms with Crippen LogP contribution in [0.1, 0.15) is 0 Å². The Morgan fingerprint density at radius 1 is 0.364 bits per heavy atom. The third-order valence-corrected chi connectivity index (χ3v) is 10.8. The van der Waals surface area contributed by atoms with Gasteiger partial charge in [-0.2, -0.15) is 9.97 Å². The number of fused-ring (bicyclic) bond motifs is 10. The summed E-state index contributed by atoms with van der Waals surface area (Å²) in [4.78, 5) is 20.2. The summed E-state index contributed by atoms with van der Waals surface area (Å²) in [7, 11) is 0. The van der Waals surface area contributed by atoms with Crippen LogP contribution in [0, 0.1) is 0 Å². The monoisotopic (exact) mass is 705 g/mol. The standard InChI is InChI=1S/C48H27N5O2/c1-2-12-29-28(11-1)30(33-16-9-21-41-44(33)35-15-5-8-20-40(35)54-41)23-24-34(29)46-50-47(37-17-10-22-42-45(37)36-25-26-49-27-43(36)55-42)52-48(51-46)53-38-18-6-3-13-31(38)32-14-4-7-19-39(32)53/h1-27H. The minimum atomic E-state index is 0.534. The number of benzene rings is 7. The topological polar surface area (TPSA) is 82.8 Å². The number of hydrogen-bond donors (Lipinski definition) is 0. The number of hydrogen-bond acceptors (Lipinski definition) is 6. The molecule has 0 radical (unpaired) electrons. The van der Waals surface area contributed by atoms with Crippen LogP contribution in [-0.2, 0) is 0 Å². The van der Waals surface area contributed by atoms with Crippen LogP contribution >= 0.6 is 0 Å². The molecule has 0 fully saturated rings. The zero-order chi connectivity index (χ0) is 36.0. The molecule has 0 aliphatic rings. The van der Waals surface area contributed by atoms with Gasteiger partial charge in [0.15, 0.2) is 17.2 Å². The summed E-state index contributed by atoms with van der Waals surface area (Å²) in [6.45, 7) is 0. The Bertz CT molecular complexity index is 3470. The van der Waals surface area contributed by atoms with E-state index in [1.54, 1.807) is 12.4 Å². The lowest BCUT2D eigenvalue weighted by molar-refractivity contribution is 0.667. The predicted molar refractivity (Wildman–Crippen MR) is 220 cm³/mol. The van der Waals surface area contributed by atoms with E-state index in [2.05, 4.69) is 125 Å². The van der Waals surface area contributed by atoms with Crippen LogP contribution in [0.15, 0.2) is 173 Å². The Morgan fingerprint density at radius 2 is 0.891 bits per heavy atom. The van der Waals surface area contributed by atoms with E-state index in [1.807, 2.05) is 36.4 Å². The average Bonchev–Trinajstić information content (AvgIpc) is 3.93. The van der Waals surface area contributed by atoms with Crippen molar-refractivity contribution in [2.24, 2.45) is 0 Å². The molecule has 0 N–H and O–H groups in total. The molecule has 0 aliphatic carbocycles. The number of furan rings is 2. The number of pyridine rings is 1. The van der Waals surface area contributed by atoms with Gasteiger partial charge in [-0.25, -0.2) is 4.98 Å². The van der Waals surface area contributed by atoms with Crippen LogP contribution < -0.4 is 0 Å². The first-order valence-corrected chi connectivity index (χ1v) is 18.2. The number of para-hydroxylation sites is 3. The van der Waals surface area contributed by atoms with Gasteiger partial charge in [0.1, 0.15) is 16.7 Å². The van der Waals surface area contributed by atoms with Crippen molar-refractivity contribution in [3.05, 3.63) is 164 Å². The van der Waals surface area contributed by atoms with Gasteiger partial charge in [-0.3, -0.25) is 9.55 Å². The van der Waals surface area contributed by atoms with Crippen molar-refractivity contribution in [2.45, 2.75) is 0 Å². The summed E-state index contributed by atoms with van der Waals surface area (Å²) in [6, 6.07) is 52.2. The number of aromatic nitrogens is 5. The van der Waals surface area contributed by atoms with E-state index in [1.165, 1.54) is 0 Å². The molecule has 7 heteroatoms. The zero-order valence-corrected chi connectivity index (χ0v) is 29.1. The molecule has 0 atom stereocenters. The third-order valence-electron chi connectivity index (χ3n) is 10.8. The van der Waals surface area contributed by atoms with Gasteiger partial charge in [-0.05, 0) is 64.4 Å². The van der Waals surface area contributed by atoms with Crippen LogP contribution in [-0.4, -0.2) is 24.5 Å². The van der Waals surface area contributed by atoms with Crippen LogP contribution in [0.5, 0.6) is 0 Å². The molecule has 0 saturated carbocycles. The fourth-order valence-corrected chi connectivity index (χ4v) is 8.44. The molecule has 0 amide bonds. The molecule has 5 heterocycles. The van der Waals surface area contributed by atoms with Crippen LogP contribution in [0.2, 0.25) is 0 Å². The second-order valence-electron chi connectivity index (χ2n) is 13.8. The minimum Gasteiger partial charge on any atom is -0.456 e. The second kappa shape index (κ2) is 11.4. The first-order valence-electron chi connectivity index (χ1n) is 18.2.